The van der Waals surface area contributed by atoms with Crippen molar-refractivity contribution < 1.29 is 4.79 Å². The molecule has 0 spiro atoms. The fraction of sp³-hybridized carbons (Fsp3) is 0.333. The second-order valence-corrected chi connectivity index (χ2v) is 5.77. The molecule has 0 aliphatic carbocycles. The Morgan fingerprint density at radius 3 is 2.78 bits per heavy atom. The summed E-state index contributed by atoms with van der Waals surface area (Å²) in [5.41, 5.74) is 1.51. The van der Waals surface area contributed by atoms with E-state index in [-0.39, 0.29) is 0 Å². The molecule has 0 bridgehead atoms. The van der Waals surface area contributed by atoms with Gasteiger partial charge in [-0.05, 0) is 41.5 Å². The quantitative estimate of drug-likeness (QED) is 0.598. The Bertz CT molecular complexity index is 619. The minimum Gasteiger partial charge on any atom is -0.357 e. The fourth-order valence-corrected chi connectivity index (χ4v) is 3.59. The highest BCUT2D eigenvalue weighted by Crippen LogP contribution is 2.31. The molecule has 6 heteroatoms. The maximum absolute atomic E-state index is 11.3. The Labute approximate surface area is 123 Å². The van der Waals surface area contributed by atoms with Gasteiger partial charge in [0.05, 0.1) is 16.1 Å². The van der Waals surface area contributed by atoms with Crippen LogP contribution in [0, 0.1) is 3.70 Å². The van der Waals surface area contributed by atoms with Crippen molar-refractivity contribution in [3.8, 4) is 0 Å². The highest BCUT2D eigenvalue weighted by atomic mass is 127. The number of halogens is 2. The Kier molecular flexibility index (Phi) is 3.19. The summed E-state index contributed by atoms with van der Waals surface area (Å²) >= 11 is 8.38. The molecule has 3 rings (SSSR count). The second kappa shape index (κ2) is 4.70. The van der Waals surface area contributed by atoms with Crippen LogP contribution in [0.25, 0.3) is 5.52 Å². The van der Waals surface area contributed by atoms with Crippen LogP contribution in [0.15, 0.2) is 12.4 Å². The van der Waals surface area contributed by atoms with E-state index in [0.717, 1.165) is 47.3 Å². The third-order valence-electron chi connectivity index (χ3n) is 3.25. The van der Waals surface area contributed by atoms with Crippen molar-refractivity contribution in [3.05, 3.63) is 26.7 Å². The highest BCUT2D eigenvalue weighted by molar-refractivity contribution is 14.1. The van der Waals surface area contributed by atoms with Crippen LogP contribution in [-0.4, -0.2) is 28.8 Å². The molecule has 0 radical (unpaired) electrons. The molecule has 3 heterocycles. The van der Waals surface area contributed by atoms with Crippen LogP contribution in [0.4, 0.5) is 5.82 Å². The van der Waals surface area contributed by atoms with Gasteiger partial charge in [0.15, 0.2) is 6.29 Å². The van der Waals surface area contributed by atoms with Crippen LogP contribution in [0.1, 0.15) is 23.2 Å². The molecule has 0 amide bonds. The summed E-state index contributed by atoms with van der Waals surface area (Å²) in [6, 6.07) is 1.74. The van der Waals surface area contributed by atoms with Crippen molar-refractivity contribution in [1.29, 1.82) is 0 Å². The van der Waals surface area contributed by atoms with Crippen LogP contribution in [0.3, 0.4) is 0 Å². The molecular formula is C12H11ClIN3O. The SMILES string of the molecule is O=Cc1cc(Cl)c2c(I)ncn2c1N1CCCC1. The summed E-state index contributed by atoms with van der Waals surface area (Å²) < 4.78 is 2.79. The standard InChI is InChI=1S/C12H11ClIN3O/c13-9-5-8(6-18)12(16-3-1-2-4-16)17-7-15-11(14)10(9)17/h5-7H,1-4H2. The van der Waals surface area contributed by atoms with Crippen LogP contribution in [0.2, 0.25) is 5.02 Å². The molecule has 1 fully saturated rings. The van der Waals surface area contributed by atoms with E-state index in [1.165, 1.54) is 0 Å². The largest absolute Gasteiger partial charge is 0.357 e. The van der Waals surface area contributed by atoms with Gasteiger partial charge in [0.25, 0.3) is 0 Å². The maximum atomic E-state index is 11.3. The molecule has 94 valence electrons. The number of hydrogen-bond donors (Lipinski definition) is 0. The Hall–Kier alpha value is -0.820. The lowest BCUT2D eigenvalue weighted by Gasteiger charge is -2.21. The zero-order chi connectivity index (χ0) is 12.7. The van der Waals surface area contributed by atoms with Gasteiger partial charge in [-0.25, -0.2) is 4.98 Å². The first-order chi connectivity index (χ1) is 8.72. The third-order valence-corrected chi connectivity index (χ3v) is 4.33. The summed E-state index contributed by atoms with van der Waals surface area (Å²) in [4.78, 5) is 17.8. The van der Waals surface area contributed by atoms with Gasteiger partial charge >= 0.3 is 0 Å². The molecule has 1 aliphatic rings. The predicted octanol–water partition coefficient (Wildman–Crippen LogP) is 3.01. The lowest BCUT2D eigenvalue weighted by molar-refractivity contribution is 0.112. The number of imidazole rings is 1. The van der Waals surface area contributed by atoms with Crippen LogP contribution < -0.4 is 4.90 Å². The van der Waals surface area contributed by atoms with Gasteiger partial charge in [0, 0.05) is 13.1 Å². The summed E-state index contributed by atoms with van der Waals surface area (Å²) in [6.07, 6.45) is 4.93. The maximum Gasteiger partial charge on any atom is 0.153 e. The Balaban J connectivity index is 2.32. The number of hydrogen-bond acceptors (Lipinski definition) is 3. The molecule has 0 atom stereocenters. The average molecular weight is 376 g/mol. The van der Waals surface area contributed by atoms with Gasteiger partial charge in [-0.15, -0.1) is 0 Å². The van der Waals surface area contributed by atoms with Crippen molar-refractivity contribution in [2.45, 2.75) is 12.8 Å². The molecule has 1 aliphatic heterocycles. The van der Waals surface area contributed by atoms with Gasteiger partial charge in [-0.2, -0.15) is 0 Å². The van der Waals surface area contributed by atoms with E-state index in [9.17, 15) is 4.79 Å². The fourth-order valence-electron chi connectivity index (χ4n) is 2.46. The van der Waals surface area contributed by atoms with Crippen molar-refractivity contribution in [2.24, 2.45) is 0 Å². The van der Waals surface area contributed by atoms with E-state index in [2.05, 4.69) is 32.5 Å². The minimum atomic E-state index is 0.571. The molecule has 2 aromatic rings. The third kappa shape index (κ3) is 1.80. The smallest absolute Gasteiger partial charge is 0.153 e. The average Bonchev–Trinajstić information content (AvgIpc) is 2.99. The summed E-state index contributed by atoms with van der Waals surface area (Å²) in [5.74, 6) is 0.914. The molecule has 0 N–H and O–H groups in total. The zero-order valence-corrected chi connectivity index (χ0v) is 12.5. The topological polar surface area (TPSA) is 37.6 Å². The van der Waals surface area contributed by atoms with E-state index < -0.39 is 0 Å². The van der Waals surface area contributed by atoms with Gasteiger partial charge in [0.2, 0.25) is 0 Å². The molecule has 0 aromatic carbocycles. The van der Waals surface area contributed by atoms with E-state index in [1.54, 1.807) is 12.4 Å². The summed E-state index contributed by atoms with van der Waals surface area (Å²) in [5, 5.41) is 0.571. The van der Waals surface area contributed by atoms with Gasteiger partial charge < -0.3 is 4.90 Å². The molecule has 0 saturated carbocycles. The van der Waals surface area contributed by atoms with Crippen molar-refractivity contribution >= 4 is 51.8 Å². The number of pyridine rings is 1. The van der Waals surface area contributed by atoms with Crippen molar-refractivity contribution in [3.63, 3.8) is 0 Å². The molecule has 0 unspecified atom stereocenters. The summed E-state index contributed by atoms with van der Waals surface area (Å²) in [7, 11) is 0. The van der Waals surface area contributed by atoms with Gasteiger partial charge in [0.1, 0.15) is 15.8 Å². The number of aromatic nitrogens is 2. The molecule has 1 saturated heterocycles. The lowest BCUT2D eigenvalue weighted by atomic mass is 10.2. The second-order valence-electron chi connectivity index (χ2n) is 4.34. The number of anilines is 1. The van der Waals surface area contributed by atoms with E-state index in [4.69, 9.17) is 11.6 Å². The normalized spacial score (nSPS) is 15.6. The highest BCUT2D eigenvalue weighted by Gasteiger charge is 2.21. The number of carbonyl (C=O) groups is 1. The van der Waals surface area contributed by atoms with Crippen LogP contribution in [0.5, 0.6) is 0 Å². The Morgan fingerprint density at radius 2 is 2.11 bits per heavy atom. The number of fused-ring (bicyclic) bond motifs is 1. The molecular weight excluding hydrogens is 365 g/mol. The van der Waals surface area contributed by atoms with Crippen molar-refractivity contribution in [1.82, 2.24) is 9.38 Å². The number of aldehydes is 1. The first-order valence-electron chi connectivity index (χ1n) is 5.77. The minimum absolute atomic E-state index is 0.571. The van der Waals surface area contributed by atoms with Crippen molar-refractivity contribution in [2.75, 3.05) is 18.0 Å². The lowest BCUT2D eigenvalue weighted by Crippen LogP contribution is -2.22. The van der Waals surface area contributed by atoms with Crippen LogP contribution >= 0.6 is 34.2 Å². The number of nitrogens with zero attached hydrogens (tertiary/aromatic N) is 3. The molecule has 4 nitrogen and oxygen atoms in total. The molecule has 2 aromatic heterocycles. The van der Waals surface area contributed by atoms with Gasteiger partial charge in [-0.3, -0.25) is 9.20 Å². The first kappa shape index (κ1) is 12.2. The van der Waals surface area contributed by atoms with Gasteiger partial charge in [-0.1, -0.05) is 11.6 Å². The van der Waals surface area contributed by atoms with E-state index in [1.807, 2.05) is 4.40 Å². The summed E-state index contributed by atoms with van der Waals surface area (Å²) in [6.45, 7) is 1.96. The monoisotopic (exact) mass is 375 g/mol. The van der Waals surface area contributed by atoms with E-state index in [0.29, 0.717) is 10.6 Å². The number of rotatable bonds is 2. The first-order valence-corrected chi connectivity index (χ1v) is 7.23. The van der Waals surface area contributed by atoms with E-state index >= 15 is 0 Å². The Morgan fingerprint density at radius 1 is 1.39 bits per heavy atom. The zero-order valence-electron chi connectivity index (χ0n) is 9.57. The number of carbonyl (C=O) groups excluding carboxylic acids is 1. The molecule has 18 heavy (non-hydrogen) atoms. The van der Waals surface area contributed by atoms with Crippen LogP contribution in [-0.2, 0) is 0 Å². The predicted molar refractivity (Wildman–Crippen MR) is 79.8 cm³/mol.